The fraction of sp³-hybridized carbons (Fsp3) is 1.00. The first-order chi connectivity index (χ1) is 5.05. The highest BCUT2D eigenvalue weighted by molar-refractivity contribution is 4.89. The van der Waals surface area contributed by atoms with Crippen molar-refractivity contribution in [3.63, 3.8) is 0 Å². The predicted octanol–water partition coefficient (Wildman–Crippen LogP) is 1.59. The second-order valence-electron chi connectivity index (χ2n) is 3.14. The van der Waals surface area contributed by atoms with Crippen molar-refractivity contribution in [3.05, 3.63) is 0 Å². The highest BCUT2D eigenvalue weighted by Crippen LogP contribution is 2.32. The summed E-state index contributed by atoms with van der Waals surface area (Å²) in [7, 11) is 0. The summed E-state index contributed by atoms with van der Waals surface area (Å²) in [6.07, 6.45) is -2.36. The van der Waals surface area contributed by atoms with Gasteiger partial charge in [-0.2, -0.15) is 0 Å². The van der Waals surface area contributed by atoms with E-state index >= 15 is 0 Å². The van der Waals surface area contributed by atoms with Gasteiger partial charge in [-0.3, -0.25) is 0 Å². The molecule has 0 aliphatic carbocycles. The number of halogens is 3. The molecule has 1 aliphatic heterocycles. The van der Waals surface area contributed by atoms with Crippen LogP contribution in [0.4, 0.5) is 13.2 Å². The Bertz CT molecular complexity index is 130. The van der Waals surface area contributed by atoms with Crippen LogP contribution in [0.5, 0.6) is 0 Å². The third-order valence-electron chi connectivity index (χ3n) is 2.29. The van der Waals surface area contributed by atoms with E-state index in [2.05, 4.69) is 5.32 Å². The van der Waals surface area contributed by atoms with Gasteiger partial charge in [-0.05, 0) is 19.9 Å². The summed E-state index contributed by atoms with van der Waals surface area (Å²) in [6.45, 7) is 2.00. The fourth-order valence-electron chi connectivity index (χ4n) is 1.31. The molecule has 4 heteroatoms. The molecular weight excluding hydrogens is 155 g/mol. The molecule has 1 N–H and O–H groups in total. The van der Waals surface area contributed by atoms with E-state index in [0.717, 1.165) is 6.92 Å². The normalized spacial score (nSPS) is 30.8. The summed E-state index contributed by atoms with van der Waals surface area (Å²) in [5.74, 6) is -0.525. The maximum Gasteiger partial charge on any atom is 0.272 e. The molecule has 0 amide bonds. The second kappa shape index (κ2) is 3.01. The molecule has 66 valence electrons. The number of hydrogen-bond acceptors (Lipinski definition) is 1. The van der Waals surface area contributed by atoms with E-state index in [1.165, 1.54) is 0 Å². The molecule has 0 radical (unpaired) electrons. The van der Waals surface area contributed by atoms with Gasteiger partial charge in [-0.15, -0.1) is 0 Å². The van der Waals surface area contributed by atoms with E-state index in [1.807, 2.05) is 0 Å². The van der Waals surface area contributed by atoms with Gasteiger partial charge < -0.3 is 5.32 Å². The lowest BCUT2D eigenvalue weighted by molar-refractivity contribution is -0.0557. The van der Waals surface area contributed by atoms with Crippen LogP contribution < -0.4 is 5.32 Å². The van der Waals surface area contributed by atoms with Gasteiger partial charge in [0.1, 0.15) is 0 Å². The van der Waals surface area contributed by atoms with Crippen molar-refractivity contribution in [2.45, 2.75) is 25.4 Å². The highest BCUT2D eigenvalue weighted by Gasteiger charge is 2.44. The van der Waals surface area contributed by atoms with E-state index in [1.54, 1.807) is 0 Å². The van der Waals surface area contributed by atoms with Crippen LogP contribution in [0.1, 0.15) is 13.3 Å². The van der Waals surface area contributed by atoms with Gasteiger partial charge in [0, 0.05) is 12.5 Å². The van der Waals surface area contributed by atoms with Crippen LogP contribution in [0.25, 0.3) is 0 Å². The first-order valence-corrected chi connectivity index (χ1v) is 3.73. The molecule has 1 fully saturated rings. The van der Waals surface area contributed by atoms with Crippen LogP contribution in [0.2, 0.25) is 0 Å². The highest BCUT2D eigenvalue weighted by atomic mass is 19.3. The first-order valence-electron chi connectivity index (χ1n) is 3.73. The average molecular weight is 167 g/mol. The number of nitrogens with one attached hydrogen (secondary N) is 1. The molecular formula is C7H12F3N. The maximum atomic E-state index is 13.1. The smallest absolute Gasteiger partial charge is 0.272 e. The molecule has 1 rings (SSSR count). The number of rotatable bonds is 2. The molecule has 1 heterocycles. The van der Waals surface area contributed by atoms with Crippen molar-refractivity contribution in [3.8, 4) is 0 Å². The SMILES string of the molecule is CC(F)(C(F)F)C1CCNC1. The van der Waals surface area contributed by atoms with E-state index in [0.29, 0.717) is 19.5 Å². The molecule has 0 aromatic rings. The van der Waals surface area contributed by atoms with Crippen LogP contribution in [0.3, 0.4) is 0 Å². The fourth-order valence-corrected chi connectivity index (χ4v) is 1.31. The molecule has 0 spiro atoms. The molecule has 0 aromatic carbocycles. The largest absolute Gasteiger partial charge is 0.316 e. The summed E-state index contributed by atoms with van der Waals surface area (Å²) in [5.41, 5.74) is -2.32. The monoisotopic (exact) mass is 167 g/mol. The third-order valence-corrected chi connectivity index (χ3v) is 2.29. The Kier molecular flexibility index (Phi) is 2.42. The van der Waals surface area contributed by atoms with Crippen molar-refractivity contribution in [2.75, 3.05) is 13.1 Å². The third kappa shape index (κ3) is 1.67. The number of hydrogen-bond donors (Lipinski definition) is 1. The zero-order valence-corrected chi connectivity index (χ0v) is 6.41. The topological polar surface area (TPSA) is 12.0 Å². The van der Waals surface area contributed by atoms with Crippen molar-refractivity contribution < 1.29 is 13.2 Å². The van der Waals surface area contributed by atoms with Crippen LogP contribution in [-0.4, -0.2) is 25.2 Å². The van der Waals surface area contributed by atoms with E-state index in [9.17, 15) is 13.2 Å². The average Bonchev–Trinajstić information content (AvgIpc) is 2.37. The lowest BCUT2D eigenvalue weighted by atomic mass is 9.91. The number of alkyl halides is 3. The first kappa shape index (κ1) is 8.84. The zero-order chi connectivity index (χ0) is 8.48. The van der Waals surface area contributed by atoms with Crippen molar-refractivity contribution in [1.82, 2.24) is 5.32 Å². The molecule has 11 heavy (non-hydrogen) atoms. The summed E-state index contributed by atoms with van der Waals surface area (Å²) in [6, 6.07) is 0. The minimum Gasteiger partial charge on any atom is -0.316 e. The summed E-state index contributed by atoms with van der Waals surface area (Å²) in [5, 5.41) is 2.86. The molecule has 0 saturated carbocycles. The quantitative estimate of drug-likeness (QED) is 0.658. The van der Waals surface area contributed by atoms with Gasteiger partial charge in [0.15, 0.2) is 5.67 Å². The van der Waals surface area contributed by atoms with Crippen LogP contribution >= 0.6 is 0 Å². The Morgan fingerprint density at radius 1 is 1.55 bits per heavy atom. The Morgan fingerprint density at radius 2 is 2.18 bits per heavy atom. The van der Waals surface area contributed by atoms with E-state index < -0.39 is 18.0 Å². The van der Waals surface area contributed by atoms with Gasteiger partial charge in [-0.25, -0.2) is 13.2 Å². The molecule has 2 unspecified atom stereocenters. The van der Waals surface area contributed by atoms with Crippen molar-refractivity contribution in [1.29, 1.82) is 0 Å². The minimum atomic E-state index is -2.87. The molecule has 1 aliphatic rings. The zero-order valence-electron chi connectivity index (χ0n) is 6.41. The van der Waals surface area contributed by atoms with Gasteiger partial charge in [0.25, 0.3) is 6.43 Å². The molecule has 2 atom stereocenters. The van der Waals surface area contributed by atoms with Gasteiger partial charge in [0.05, 0.1) is 0 Å². The van der Waals surface area contributed by atoms with Crippen molar-refractivity contribution >= 4 is 0 Å². The van der Waals surface area contributed by atoms with Gasteiger partial charge in [-0.1, -0.05) is 0 Å². The van der Waals surface area contributed by atoms with E-state index in [-0.39, 0.29) is 0 Å². The van der Waals surface area contributed by atoms with Gasteiger partial charge >= 0.3 is 0 Å². The molecule has 1 nitrogen and oxygen atoms in total. The summed E-state index contributed by atoms with van der Waals surface area (Å²) < 4.78 is 37.3. The standard InChI is InChI=1S/C7H12F3N/c1-7(10,6(8)9)5-2-3-11-4-5/h5-6,11H,2-4H2,1H3. The Morgan fingerprint density at radius 3 is 2.55 bits per heavy atom. The maximum absolute atomic E-state index is 13.1. The Balaban J connectivity index is 2.55. The van der Waals surface area contributed by atoms with Crippen LogP contribution in [-0.2, 0) is 0 Å². The summed E-state index contributed by atoms with van der Waals surface area (Å²) in [4.78, 5) is 0. The van der Waals surface area contributed by atoms with Crippen LogP contribution in [0, 0.1) is 5.92 Å². The summed E-state index contributed by atoms with van der Waals surface area (Å²) >= 11 is 0. The van der Waals surface area contributed by atoms with Gasteiger partial charge in [0.2, 0.25) is 0 Å². The Labute approximate surface area is 64.0 Å². The lowest BCUT2D eigenvalue weighted by Crippen LogP contribution is -2.38. The molecule has 0 aromatic heterocycles. The predicted molar refractivity (Wildman–Crippen MR) is 36.5 cm³/mol. The second-order valence-corrected chi connectivity index (χ2v) is 3.14. The van der Waals surface area contributed by atoms with E-state index in [4.69, 9.17) is 0 Å². The molecule has 0 bridgehead atoms. The lowest BCUT2D eigenvalue weighted by Gasteiger charge is -2.25. The van der Waals surface area contributed by atoms with Crippen molar-refractivity contribution in [2.24, 2.45) is 5.92 Å². The molecule has 1 saturated heterocycles. The Hall–Kier alpha value is -0.250. The minimum absolute atomic E-state index is 0.372. The van der Waals surface area contributed by atoms with Crippen LogP contribution in [0.15, 0.2) is 0 Å².